The third-order valence-electron chi connectivity index (χ3n) is 12.7. The van der Waals surface area contributed by atoms with Gasteiger partial charge in [-0.05, 0) is 105 Å². The highest BCUT2D eigenvalue weighted by atomic mass is 19.1. The lowest BCUT2D eigenvalue weighted by Crippen LogP contribution is -2.70. The van der Waals surface area contributed by atoms with Crippen LogP contribution in [0.5, 0.6) is 11.5 Å². The molecule has 11 nitrogen and oxygen atoms in total. The maximum Gasteiger partial charge on any atom is 0.412 e. The van der Waals surface area contributed by atoms with Crippen LogP contribution in [0, 0.1) is 29.5 Å². The smallest absolute Gasteiger partial charge is 0.412 e. The van der Waals surface area contributed by atoms with E-state index in [9.17, 15) is 24.2 Å². The van der Waals surface area contributed by atoms with Gasteiger partial charge >= 0.3 is 6.09 Å². The number of rotatable bonds is 21. The van der Waals surface area contributed by atoms with Crippen molar-refractivity contribution in [1.29, 1.82) is 0 Å². The number of hydrogen-bond donors (Lipinski definition) is 3. The number of benzene rings is 2. The van der Waals surface area contributed by atoms with Gasteiger partial charge in [-0.15, -0.1) is 6.58 Å². The predicted octanol–water partition coefficient (Wildman–Crippen LogP) is 8.59. The van der Waals surface area contributed by atoms with Crippen LogP contribution >= 0.6 is 0 Å². The Balaban J connectivity index is 1.57. The van der Waals surface area contributed by atoms with Crippen LogP contribution in [-0.2, 0) is 20.9 Å². The molecule has 1 aliphatic heterocycles. The van der Waals surface area contributed by atoms with Gasteiger partial charge in [0.1, 0.15) is 30.0 Å². The van der Waals surface area contributed by atoms with E-state index >= 15 is 0 Å². The standard InChI is InChI=1S/C47H64FN3O8/c1-4-27-56-47-42(51(31-33-17-20-35(48)21-18-33)43(54)24-19-32-13-7-8-14-32)30-40(50-57-6-3)38-28-34(15-9-11-25-52)37(16-10-12-26-53)44(45(38)47)39-29-36(22-23-41(39)59-47)58-46(55)49-5-2/h4,17-18,20-23,28-29,32,34,37,42,44-45,52-53H,1,5-16,19,24-27,30-31H2,2-3H3,(H,49,55)/t34-,37+,42-,44+,45+,47+/m0/s1. The number of aliphatic hydroxyl groups excluding tert-OH is 2. The highest BCUT2D eigenvalue weighted by Gasteiger charge is 2.65. The SMILES string of the molecule is C=CCO[C@@]12Oc3ccc(OC(=O)NCC)cc3[C@H]3[C@H](CCCCO)[C@@H](CCCCO)C=C(C(=NOCC)C[C@@H]1N(Cc1ccc(F)cc1)C(=O)CCC1CCCC1)[C@H]32. The number of hydrogen-bond acceptors (Lipinski definition) is 9. The summed E-state index contributed by atoms with van der Waals surface area (Å²) in [6.07, 6.45) is 13.9. The highest BCUT2D eigenvalue weighted by molar-refractivity contribution is 6.03. The number of aliphatic hydroxyl groups is 2. The molecule has 0 saturated heterocycles. The molecule has 2 aromatic rings. The zero-order chi connectivity index (χ0) is 41.8. The topological polar surface area (TPSA) is 139 Å². The van der Waals surface area contributed by atoms with Crippen LogP contribution < -0.4 is 14.8 Å². The first-order chi connectivity index (χ1) is 28.8. The zero-order valence-corrected chi connectivity index (χ0v) is 34.9. The van der Waals surface area contributed by atoms with E-state index < -0.39 is 23.8 Å². The second-order valence-electron chi connectivity index (χ2n) is 16.4. The summed E-state index contributed by atoms with van der Waals surface area (Å²) in [5.41, 5.74) is 3.27. The first kappa shape index (κ1) is 44.3. The number of amides is 2. The van der Waals surface area contributed by atoms with E-state index in [0.29, 0.717) is 55.5 Å². The van der Waals surface area contributed by atoms with Gasteiger partial charge in [0, 0.05) is 50.6 Å². The van der Waals surface area contributed by atoms with Gasteiger partial charge in [0.2, 0.25) is 11.7 Å². The molecule has 3 N–H and O–H groups in total. The van der Waals surface area contributed by atoms with Gasteiger partial charge in [-0.25, -0.2) is 9.18 Å². The third kappa shape index (κ3) is 10.4. The van der Waals surface area contributed by atoms with E-state index in [1.165, 1.54) is 25.0 Å². The molecular formula is C47H64FN3O8. The fraction of sp³-hybridized carbons (Fsp3) is 0.596. The molecule has 2 amide bonds. The van der Waals surface area contributed by atoms with E-state index in [0.717, 1.165) is 61.6 Å². The van der Waals surface area contributed by atoms with Gasteiger partial charge in [-0.3, -0.25) is 4.79 Å². The van der Waals surface area contributed by atoms with Crippen molar-refractivity contribution in [1.82, 2.24) is 10.2 Å². The summed E-state index contributed by atoms with van der Waals surface area (Å²) in [4.78, 5) is 35.4. The first-order valence-corrected chi connectivity index (χ1v) is 22.0. The lowest BCUT2D eigenvalue weighted by molar-refractivity contribution is -0.258. The second-order valence-corrected chi connectivity index (χ2v) is 16.4. The Bertz CT molecular complexity index is 1780. The van der Waals surface area contributed by atoms with Crippen LogP contribution in [0.1, 0.15) is 114 Å². The summed E-state index contributed by atoms with van der Waals surface area (Å²) < 4.78 is 34.5. The number of carbonyl (C=O) groups is 2. The Morgan fingerprint density at radius 1 is 1.03 bits per heavy atom. The summed E-state index contributed by atoms with van der Waals surface area (Å²) in [6.45, 7) is 9.00. The number of allylic oxidation sites excluding steroid dienone is 1. The number of ether oxygens (including phenoxy) is 3. The maximum absolute atomic E-state index is 14.9. The molecule has 0 bridgehead atoms. The number of halogens is 1. The van der Waals surface area contributed by atoms with Crippen LogP contribution in [-0.4, -0.2) is 77.6 Å². The molecule has 2 saturated carbocycles. The lowest BCUT2D eigenvalue weighted by Gasteiger charge is -2.60. The molecule has 2 fully saturated rings. The van der Waals surface area contributed by atoms with Crippen LogP contribution in [0.4, 0.5) is 9.18 Å². The molecule has 0 spiro atoms. The van der Waals surface area contributed by atoms with Gasteiger partial charge in [0.05, 0.1) is 18.2 Å². The second kappa shape index (κ2) is 21.3. The Labute approximate surface area is 349 Å². The minimum Gasteiger partial charge on any atom is -0.459 e. The molecule has 3 aliphatic carbocycles. The molecule has 0 radical (unpaired) electrons. The van der Waals surface area contributed by atoms with Crippen molar-refractivity contribution in [3.63, 3.8) is 0 Å². The van der Waals surface area contributed by atoms with Crippen molar-refractivity contribution in [2.45, 2.75) is 122 Å². The summed E-state index contributed by atoms with van der Waals surface area (Å²) in [5.74, 6) is -1.10. The van der Waals surface area contributed by atoms with Crippen molar-refractivity contribution in [3.05, 3.63) is 83.7 Å². The maximum atomic E-state index is 14.9. The number of fused-ring (bicyclic) bond motifs is 2. The Morgan fingerprint density at radius 2 is 1.78 bits per heavy atom. The quantitative estimate of drug-likeness (QED) is 0.0647. The summed E-state index contributed by atoms with van der Waals surface area (Å²) in [7, 11) is 0. The molecule has 0 unspecified atom stereocenters. The van der Waals surface area contributed by atoms with Crippen LogP contribution in [0.25, 0.3) is 0 Å². The van der Waals surface area contributed by atoms with Crippen LogP contribution in [0.3, 0.4) is 0 Å². The molecule has 6 rings (SSSR count). The largest absolute Gasteiger partial charge is 0.459 e. The summed E-state index contributed by atoms with van der Waals surface area (Å²) in [5, 5.41) is 27.3. The monoisotopic (exact) mass is 817 g/mol. The van der Waals surface area contributed by atoms with Crippen molar-refractivity contribution in [2.75, 3.05) is 33.0 Å². The Morgan fingerprint density at radius 3 is 2.47 bits per heavy atom. The molecule has 0 aromatic heterocycles. The minimum atomic E-state index is -1.43. The van der Waals surface area contributed by atoms with Gasteiger partial charge in [-0.1, -0.05) is 68.0 Å². The summed E-state index contributed by atoms with van der Waals surface area (Å²) in [6, 6.07) is 11.0. The number of nitrogens with one attached hydrogen (secondary N) is 1. The molecular weight excluding hydrogens is 754 g/mol. The fourth-order valence-corrected chi connectivity index (χ4v) is 10.1. The van der Waals surface area contributed by atoms with Gasteiger partial charge in [0.25, 0.3) is 0 Å². The summed E-state index contributed by atoms with van der Waals surface area (Å²) >= 11 is 0. The molecule has 4 aliphatic rings. The van der Waals surface area contributed by atoms with Gasteiger partial charge in [-0.2, -0.15) is 0 Å². The van der Waals surface area contributed by atoms with Crippen LogP contribution in [0.2, 0.25) is 0 Å². The van der Waals surface area contributed by atoms with Crippen molar-refractivity contribution in [2.24, 2.45) is 28.8 Å². The fourth-order valence-electron chi connectivity index (χ4n) is 10.1. The number of oxime groups is 1. The van der Waals surface area contributed by atoms with Crippen molar-refractivity contribution < 1.29 is 43.2 Å². The molecule has 6 atom stereocenters. The normalized spacial score (nSPS) is 25.3. The highest BCUT2D eigenvalue weighted by Crippen LogP contribution is 2.62. The van der Waals surface area contributed by atoms with Crippen LogP contribution in [0.15, 0.2) is 71.9 Å². The van der Waals surface area contributed by atoms with E-state index in [1.807, 2.05) is 30.9 Å². The molecule has 59 heavy (non-hydrogen) atoms. The number of carbonyl (C=O) groups excluding carboxylic acids is 2. The van der Waals surface area contributed by atoms with Gasteiger partial charge in [0.15, 0.2) is 0 Å². The molecule has 322 valence electrons. The van der Waals surface area contributed by atoms with E-state index in [-0.39, 0.29) is 62.3 Å². The average Bonchev–Trinajstić information content (AvgIpc) is 3.76. The number of unbranched alkanes of at least 4 members (excludes halogenated alkanes) is 2. The molecule has 1 heterocycles. The Hall–Kier alpha value is -4.26. The average molecular weight is 818 g/mol. The van der Waals surface area contributed by atoms with E-state index in [1.54, 1.807) is 24.3 Å². The van der Waals surface area contributed by atoms with E-state index in [2.05, 4.69) is 18.0 Å². The molecule has 12 heteroatoms. The predicted molar refractivity (Wildman–Crippen MR) is 224 cm³/mol. The number of nitrogens with zero attached hydrogens (tertiary/aromatic N) is 2. The first-order valence-electron chi connectivity index (χ1n) is 22.0. The third-order valence-corrected chi connectivity index (χ3v) is 12.7. The zero-order valence-electron chi connectivity index (χ0n) is 34.9. The lowest BCUT2D eigenvalue weighted by atomic mass is 9.55. The van der Waals surface area contributed by atoms with Crippen molar-refractivity contribution >= 4 is 17.7 Å². The van der Waals surface area contributed by atoms with Gasteiger partial charge < -0.3 is 39.5 Å². The molecule has 2 aromatic carbocycles. The van der Waals surface area contributed by atoms with E-state index in [4.69, 9.17) is 24.2 Å². The minimum absolute atomic E-state index is 0.0128. The van der Waals surface area contributed by atoms with Crippen molar-refractivity contribution in [3.8, 4) is 11.5 Å². The Kier molecular flexibility index (Phi) is 16.0.